The Morgan fingerprint density at radius 2 is 2.00 bits per heavy atom. The summed E-state index contributed by atoms with van der Waals surface area (Å²) in [6.45, 7) is 8.92. The van der Waals surface area contributed by atoms with Crippen molar-refractivity contribution in [2.75, 3.05) is 38.0 Å². The number of anilines is 1. The maximum absolute atomic E-state index is 13.7. The summed E-state index contributed by atoms with van der Waals surface area (Å²) in [5.41, 5.74) is 5.18. The number of fused-ring (bicyclic) bond motifs is 1. The van der Waals surface area contributed by atoms with E-state index in [1.165, 1.54) is 19.3 Å². The first kappa shape index (κ1) is 27.8. The fraction of sp³-hybridized carbons (Fsp3) is 0.400. The molecule has 2 N–H and O–H groups in total. The highest BCUT2D eigenvalue weighted by atomic mass is 19.3. The number of carbonyl (C=O) groups excluding carboxylic acids is 1. The number of H-pyrrole nitrogens is 1. The second kappa shape index (κ2) is 12.2. The first-order valence-electron chi connectivity index (χ1n) is 13.7. The van der Waals surface area contributed by atoms with Gasteiger partial charge in [0.25, 0.3) is 11.8 Å². The van der Waals surface area contributed by atoms with E-state index in [9.17, 15) is 13.6 Å². The van der Waals surface area contributed by atoms with Gasteiger partial charge in [-0.05, 0) is 80.5 Å². The van der Waals surface area contributed by atoms with Crippen molar-refractivity contribution in [3.63, 3.8) is 0 Å². The van der Waals surface area contributed by atoms with E-state index in [1.807, 2.05) is 43.3 Å². The molecule has 0 atom stereocenters. The fourth-order valence-corrected chi connectivity index (χ4v) is 5.36. The Labute approximate surface area is 232 Å². The number of nitrogens with one attached hydrogen (secondary N) is 2. The van der Waals surface area contributed by atoms with Gasteiger partial charge in [0, 0.05) is 37.6 Å². The lowest BCUT2D eigenvalue weighted by Crippen LogP contribution is -2.29. The SMILES string of the molecule is C=N/C=C(\C=C(/C)c1ccc2[nH]nc(C(=O)Nc3ccc(CN4CCCCC4)nc3)c2c1)CN1CCC(F)(F)C1. The van der Waals surface area contributed by atoms with Gasteiger partial charge in [0.1, 0.15) is 0 Å². The molecule has 1 aromatic carbocycles. The molecule has 2 aliphatic rings. The van der Waals surface area contributed by atoms with Crippen LogP contribution in [0.2, 0.25) is 0 Å². The number of aromatic amines is 1. The zero-order valence-corrected chi connectivity index (χ0v) is 22.8. The molecule has 0 unspecified atom stereocenters. The van der Waals surface area contributed by atoms with Crippen molar-refractivity contribution in [2.24, 2.45) is 4.99 Å². The van der Waals surface area contributed by atoms with E-state index in [1.54, 1.807) is 17.3 Å². The van der Waals surface area contributed by atoms with E-state index in [0.717, 1.165) is 47.6 Å². The normalized spacial score (nSPS) is 18.8. The zero-order chi connectivity index (χ0) is 28.1. The summed E-state index contributed by atoms with van der Waals surface area (Å²) in [7, 11) is 0. The summed E-state index contributed by atoms with van der Waals surface area (Å²) in [5, 5.41) is 10.8. The molecule has 210 valence electrons. The number of carbonyl (C=O) groups is 1. The highest BCUT2D eigenvalue weighted by molar-refractivity contribution is 6.11. The van der Waals surface area contributed by atoms with Gasteiger partial charge in [0.15, 0.2) is 5.69 Å². The molecule has 2 aliphatic heterocycles. The van der Waals surface area contributed by atoms with Crippen molar-refractivity contribution in [1.82, 2.24) is 25.0 Å². The molecule has 0 bridgehead atoms. The van der Waals surface area contributed by atoms with Gasteiger partial charge in [-0.1, -0.05) is 18.6 Å². The quantitative estimate of drug-likeness (QED) is 0.272. The minimum Gasteiger partial charge on any atom is -0.319 e. The second-order valence-corrected chi connectivity index (χ2v) is 10.7. The first-order valence-corrected chi connectivity index (χ1v) is 13.7. The van der Waals surface area contributed by atoms with Crippen LogP contribution in [0.3, 0.4) is 0 Å². The number of pyridine rings is 1. The van der Waals surface area contributed by atoms with Gasteiger partial charge in [-0.25, -0.2) is 8.78 Å². The molecular formula is C30H35F2N7O. The molecule has 10 heteroatoms. The third-order valence-corrected chi connectivity index (χ3v) is 7.46. The Morgan fingerprint density at radius 3 is 2.70 bits per heavy atom. The van der Waals surface area contributed by atoms with E-state index in [4.69, 9.17) is 0 Å². The third kappa shape index (κ3) is 6.86. The number of aliphatic imine (C=N–C) groups is 1. The van der Waals surface area contributed by atoms with Gasteiger partial charge in [-0.3, -0.25) is 29.7 Å². The van der Waals surface area contributed by atoms with E-state index in [-0.39, 0.29) is 24.6 Å². The monoisotopic (exact) mass is 547 g/mol. The Hall–Kier alpha value is -3.76. The summed E-state index contributed by atoms with van der Waals surface area (Å²) in [5.74, 6) is -2.98. The van der Waals surface area contributed by atoms with Crippen molar-refractivity contribution in [3.05, 3.63) is 71.3 Å². The summed E-state index contributed by atoms with van der Waals surface area (Å²) < 4.78 is 27.3. The molecular weight excluding hydrogens is 512 g/mol. The standard InChI is InChI=1S/C30H35F2N7O/c1-21(14-22(16-33-2)18-39-13-10-30(31,32)20-39)23-6-9-27-26(15-23)28(37-36-27)29(40)35-24-7-8-25(34-17-24)19-38-11-4-3-5-12-38/h6-9,14-17H,2-5,10-13,18-20H2,1H3,(H,35,40)(H,36,37)/b21-14+,22-16+. The van der Waals surface area contributed by atoms with Crippen molar-refractivity contribution in [2.45, 2.75) is 45.1 Å². The number of halogens is 2. The Kier molecular flexibility index (Phi) is 8.46. The maximum atomic E-state index is 13.7. The number of alkyl halides is 2. The van der Waals surface area contributed by atoms with Crippen molar-refractivity contribution in [3.8, 4) is 0 Å². The summed E-state index contributed by atoms with van der Waals surface area (Å²) in [6.07, 6.45) is 8.82. The number of aromatic nitrogens is 3. The number of hydrogen-bond donors (Lipinski definition) is 2. The van der Waals surface area contributed by atoms with E-state index in [0.29, 0.717) is 24.2 Å². The molecule has 5 rings (SSSR count). The minimum atomic E-state index is -2.65. The Bertz CT molecular complexity index is 1420. The lowest BCUT2D eigenvalue weighted by molar-refractivity contribution is 0.0131. The van der Waals surface area contributed by atoms with Crippen LogP contribution in [0.15, 0.2) is 59.4 Å². The Balaban J connectivity index is 1.28. The molecule has 4 heterocycles. The highest BCUT2D eigenvalue weighted by Crippen LogP contribution is 2.28. The average Bonchev–Trinajstić information content (AvgIpc) is 3.52. The molecule has 0 radical (unpaired) electrons. The van der Waals surface area contributed by atoms with Crippen LogP contribution in [0, 0.1) is 0 Å². The van der Waals surface area contributed by atoms with E-state index < -0.39 is 5.92 Å². The molecule has 3 aromatic rings. The molecule has 2 saturated heterocycles. The topological polar surface area (TPSA) is 89.5 Å². The predicted molar refractivity (Wildman–Crippen MR) is 155 cm³/mol. The van der Waals surface area contributed by atoms with Gasteiger partial charge < -0.3 is 5.32 Å². The van der Waals surface area contributed by atoms with Crippen molar-refractivity contribution < 1.29 is 13.6 Å². The van der Waals surface area contributed by atoms with Crippen molar-refractivity contribution >= 4 is 34.8 Å². The molecule has 2 fully saturated rings. The molecule has 1 amide bonds. The number of benzene rings is 1. The van der Waals surface area contributed by atoms with Gasteiger partial charge in [0.2, 0.25) is 0 Å². The molecule has 0 aliphatic carbocycles. The zero-order valence-electron chi connectivity index (χ0n) is 22.8. The molecule has 0 spiro atoms. The fourth-order valence-electron chi connectivity index (χ4n) is 5.36. The smallest absolute Gasteiger partial charge is 0.276 e. The number of piperidine rings is 1. The van der Waals surface area contributed by atoms with Gasteiger partial charge in [0.05, 0.1) is 29.6 Å². The van der Waals surface area contributed by atoms with Crippen molar-refractivity contribution in [1.29, 1.82) is 0 Å². The highest BCUT2D eigenvalue weighted by Gasteiger charge is 2.38. The van der Waals surface area contributed by atoms with Crippen LogP contribution < -0.4 is 5.32 Å². The molecule has 8 nitrogen and oxygen atoms in total. The van der Waals surface area contributed by atoms with Crippen LogP contribution in [0.4, 0.5) is 14.5 Å². The van der Waals surface area contributed by atoms with Gasteiger partial charge >= 0.3 is 0 Å². The summed E-state index contributed by atoms with van der Waals surface area (Å²) in [6, 6.07) is 9.53. The summed E-state index contributed by atoms with van der Waals surface area (Å²) >= 11 is 0. The van der Waals surface area contributed by atoms with Gasteiger partial charge in [-0.2, -0.15) is 5.10 Å². The summed E-state index contributed by atoms with van der Waals surface area (Å²) in [4.78, 5) is 25.7. The number of rotatable bonds is 9. The van der Waals surface area contributed by atoms with Gasteiger partial charge in [-0.15, -0.1) is 0 Å². The molecule has 2 aromatic heterocycles. The first-order chi connectivity index (χ1) is 19.3. The average molecular weight is 548 g/mol. The number of amides is 1. The third-order valence-electron chi connectivity index (χ3n) is 7.46. The van der Waals surface area contributed by atoms with Crippen LogP contribution in [-0.4, -0.2) is 76.3 Å². The number of likely N-dealkylation sites (tertiary alicyclic amines) is 2. The lowest BCUT2D eigenvalue weighted by atomic mass is 10.0. The van der Waals surface area contributed by atoms with Crippen LogP contribution >= 0.6 is 0 Å². The largest absolute Gasteiger partial charge is 0.319 e. The molecule has 40 heavy (non-hydrogen) atoms. The predicted octanol–water partition coefficient (Wildman–Crippen LogP) is 5.52. The van der Waals surface area contributed by atoms with Crippen LogP contribution in [-0.2, 0) is 6.54 Å². The van der Waals surface area contributed by atoms with Crippen LogP contribution in [0.25, 0.3) is 16.5 Å². The lowest BCUT2D eigenvalue weighted by Gasteiger charge is -2.25. The second-order valence-electron chi connectivity index (χ2n) is 10.7. The number of nitrogens with zero attached hydrogens (tertiary/aromatic N) is 5. The maximum Gasteiger partial charge on any atom is 0.276 e. The Morgan fingerprint density at radius 1 is 1.18 bits per heavy atom. The van der Waals surface area contributed by atoms with E-state index in [2.05, 4.69) is 37.1 Å². The van der Waals surface area contributed by atoms with E-state index >= 15 is 0 Å². The number of hydrogen-bond acceptors (Lipinski definition) is 6. The molecule has 0 saturated carbocycles. The van der Waals surface area contributed by atoms with Crippen LogP contribution in [0.5, 0.6) is 0 Å². The number of allylic oxidation sites excluding steroid dienone is 1. The minimum absolute atomic E-state index is 0.134. The van der Waals surface area contributed by atoms with Crippen LogP contribution in [0.1, 0.15) is 54.4 Å².